The molecule has 0 radical (unpaired) electrons. The molecule has 0 spiro atoms. The molecule has 3 aromatic carbocycles. The van der Waals surface area contributed by atoms with Crippen LogP contribution in [0.15, 0.2) is 72.3 Å². The highest BCUT2D eigenvalue weighted by Gasteiger charge is 2.11. The van der Waals surface area contributed by atoms with Crippen molar-refractivity contribution in [1.29, 1.82) is 5.26 Å². The highest BCUT2D eigenvalue weighted by Crippen LogP contribution is 2.26. The minimum absolute atomic E-state index is 0.0706. The zero-order valence-electron chi connectivity index (χ0n) is 18.2. The third-order valence-electron chi connectivity index (χ3n) is 4.57. The van der Waals surface area contributed by atoms with Crippen molar-refractivity contribution < 1.29 is 14.3 Å². The second-order valence-corrected chi connectivity index (χ2v) is 7.80. The lowest BCUT2D eigenvalue weighted by molar-refractivity contribution is -0.118. The van der Waals surface area contributed by atoms with E-state index in [1.807, 2.05) is 56.3 Å². The van der Waals surface area contributed by atoms with Gasteiger partial charge in [0.2, 0.25) is 0 Å². The quantitative estimate of drug-likeness (QED) is 0.359. The number of carbonyl (C=O) groups excluding carboxylic acids is 2. The summed E-state index contributed by atoms with van der Waals surface area (Å²) in [5.41, 5.74) is 3.79. The normalized spacial score (nSPS) is 10.8. The van der Waals surface area contributed by atoms with Crippen LogP contribution in [0.5, 0.6) is 5.75 Å². The van der Waals surface area contributed by atoms with Crippen molar-refractivity contribution >= 4 is 40.9 Å². The van der Waals surface area contributed by atoms with Gasteiger partial charge in [0, 0.05) is 11.4 Å². The van der Waals surface area contributed by atoms with Crippen molar-refractivity contribution in [3.63, 3.8) is 0 Å². The van der Waals surface area contributed by atoms with Crippen molar-refractivity contribution in [3.05, 3.63) is 94.0 Å². The second kappa shape index (κ2) is 11.0. The van der Waals surface area contributed by atoms with Crippen LogP contribution in [0.25, 0.3) is 6.08 Å². The van der Waals surface area contributed by atoms with Gasteiger partial charge in [-0.25, -0.2) is 0 Å². The molecular weight excluding hydrogens is 438 g/mol. The van der Waals surface area contributed by atoms with E-state index in [4.69, 9.17) is 16.3 Å². The van der Waals surface area contributed by atoms with E-state index in [1.54, 1.807) is 30.3 Å². The van der Waals surface area contributed by atoms with Gasteiger partial charge in [0.25, 0.3) is 11.8 Å². The molecule has 0 saturated heterocycles. The van der Waals surface area contributed by atoms with Gasteiger partial charge in [-0.3, -0.25) is 9.59 Å². The minimum atomic E-state index is -0.521. The zero-order chi connectivity index (χ0) is 23.8. The highest BCUT2D eigenvalue weighted by molar-refractivity contribution is 6.32. The molecule has 0 bridgehead atoms. The van der Waals surface area contributed by atoms with Gasteiger partial charge >= 0.3 is 0 Å². The molecule has 33 heavy (non-hydrogen) atoms. The number of nitrogens with one attached hydrogen (secondary N) is 2. The summed E-state index contributed by atoms with van der Waals surface area (Å²) in [6.45, 7) is 3.63. The summed E-state index contributed by atoms with van der Waals surface area (Å²) in [4.78, 5) is 24.6. The third kappa shape index (κ3) is 6.96. The Hall–Kier alpha value is -4.08. The molecule has 0 aliphatic carbocycles. The average Bonchev–Trinajstić information content (AvgIpc) is 2.77. The van der Waals surface area contributed by atoms with E-state index in [0.717, 1.165) is 11.1 Å². The van der Waals surface area contributed by atoms with E-state index >= 15 is 0 Å². The molecule has 0 atom stereocenters. The summed E-state index contributed by atoms with van der Waals surface area (Å²) >= 11 is 6.28. The molecule has 0 heterocycles. The van der Waals surface area contributed by atoms with Crippen LogP contribution in [0.1, 0.15) is 16.7 Å². The van der Waals surface area contributed by atoms with E-state index in [2.05, 4.69) is 10.6 Å². The second-order valence-electron chi connectivity index (χ2n) is 7.39. The first-order valence-corrected chi connectivity index (χ1v) is 10.5. The fourth-order valence-electron chi connectivity index (χ4n) is 3.02. The number of rotatable bonds is 7. The zero-order valence-corrected chi connectivity index (χ0v) is 18.9. The molecule has 2 amide bonds. The van der Waals surface area contributed by atoms with Crippen molar-refractivity contribution in [2.75, 3.05) is 17.2 Å². The first kappa shape index (κ1) is 23.6. The Labute approximate surface area is 197 Å². The number of anilines is 2. The Morgan fingerprint density at radius 3 is 2.18 bits per heavy atom. The molecule has 0 unspecified atom stereocenters. The fourth-order valence-corrected chi connectivity index (χ4v) is 3.27. The van der Waals surface area contributed by atoms with Crippen LogP contribution in [-0.2, 0) is 9.59 Å². The molecule has 0 fully saturated rings. The predicted octanol–water partition coefficient (Wildman–Crippen LogP) is 5.52. The topological polar surface area (TPSA) is 91.2 Å². The number of hydrogen-bond acceptors (Lipinski definition) is 4. The van der Waals surface area contributed by atoms with E-state index in [1.165, 1.54) is 6.08 Å². The Balaban J connectivity index is 1.63. The Morgan fingerprint density at radius 1 is 0.970 bits per heavy atom. The molecule has 3 rings (SSSR count). The molecule has 0 aliphatic rings. The summed E-state index contributed by atoms with van der Waals surface area (Å²) in [6.07, 6.45) is 1.44. The maximum Gasteiger partial charge on any atom is 0.266 e. The molecule has 166 valence electrons. The number of halogens is 1. The molecule has 6 nitrogen and oxygen atoms in total. The van der Waals surface area contributed by atoms with E-state index in [9.17, 15) is 14.9 Å². The lowest BCUT2D eigenvalue weighted by Crippen LogP contribution is -2.20. The van der Waals surface area contributed by atoms with Gasteiger partial charge in [-0.1, -0.05) is 41.9 Å². The van der Waals surface area contributed by atoms with Crippen LogP contribution in [0.4, 0.5) is 11.4 Å². The Morgan fingerprint density at radius 2 is 1.61 bits per heavy atom. The van der Waals surface area contributed by atoms with Gasteiger partial charge in [-0.15, -0.1) is 0 Å². The van der Waals surface area contributed by atoms with Gasteiger partial charge in [-0.2, -0.15) is 5.26 Å². The van der Waals surface area contributed by atoms with E-state index in [0.29, 0.717) is 22.7 Å². The van der Waals surface area contributed by atoms with Crippen molar-refractivity contribution in [2.24, 2.45) is 0 Å². The Kier molecular flexibility index (Phi) is 7.85. The van der Waals surface area contributed by atoms with Gasteiger partial charge in [0.05, 0.1) is 5.02 Å². The monoisotopic (exact) mass is 459 g/mol. The highest BCUT2D eigenvalue weighted by atomic mass is 35.5. The Bertz CT molecular complexity index is 1260. The molecule has 7 heteroatoms. The van der Waals surface area contributed by atoms with Crippen molar-refractivity contribution in [2.45, 2.75) is 13.8 Å². The maximum absolute atomic E-state index is 12.5. The first-order chi connectivity index (χ1) is 15.8. The molecule has 0 saturated carbocycles. The van der Waals surface area contributed by atoms with Crippen LogP contribution in [-0.4, -0.2) is 18.4 Å². The number of nitriles is 1. The third-order valence-corrected chi connectivity index (χ3v) is 4.86. The molecule has 0 aliphatic heterocycles. The number of aryl methyl sites for hydroxylation is 2. The predicted molar refractivity (Wildman–Crippen MR) is 130 cm³/mol. The number of nitrogens with zero attached hydrogens (tertiary/aromatic N) is 1. The number of carbonyl (C=O) groups is 2. The number of hydrogen-bond donors (Lipinski definition) is 2. The van der Waals surface area contributed by atoms with Crippen LogP contribution in [0.3, 0.4) is 0 Å². The van der Waals surface area contributed by atoms with E-state index in [-0.39, 0.29) is 23.1 Å². The average molecular weight is 460 g/mol. The SMILES string of the molecule is Cc1cccc(NC(=O)COc2ccc(/C=C(\C#N)C(=O)Nc3cccc(C)c3)cc2Cl)c1. The van der Waals surface area contributed by atoms with Crippen LogP contribution < -0.4 is 15.4 Å². The van der Waals surface area contributed by atoms with Gasteiger partial charge in [0.1, 0.15) is 17.4 Å². The molecule has 3 aromatic rings. The van der Waals surface area contributed by atoms with Crippen LogP contribution in [0, 0.1) is 25.2 Å². The standard InChI is InChI=1S/C26H22ClN3O3/c1-17-5-3-7-21(11-17)29-25(31)16-33-24-10-9-19(14-23(24)27)13-20(15-28)26(32)30-22-8-4-6-18(2)12-22/h3-14H,16H2,1-2H3,(H,29,31)(H,30,32)/b20-13+. The smallest absolute Gasteiger partial charge is 0.266 e. The molecule has 2 N–H and O–H groups in total. The number of ether oxygens (including phenoxy) is 1. The largest absolute Gasteiger partial charge is 0.482 e. The van der Waals surface area contributed by atoms with Crippen LogP contribution >= 0.6 is 11.6 Å². The maximum atomic E-state index is 12.5. The summed E-state index contributed by atoms with van der Waals surface area (Å²) in [7, 11) is 0. The summed E-state index contributed by atoms with van der Waals surface area (Å²) in [5.74, 6) is -0.525. The minimum Gasteiger partial charge on any atom is -0.482 e. The summed E-state index contributed by atoms with van der Waals surface area (Å²) in [5, 5.41) is 15.1. The lowest BCUT2D eigenvalue weighted by atomic mass is 10.1. The van der Waals surface area contributed by atoms with Crippen LogP contribution in [0.2, 0.25) is 5.02 Å². The molecular formula is C26H22ClN3O3. The summed E-state index contributed by atoms with van der Waals surface area (Å²) < 4.78 is 5.52. The van der Waals surface area contributed by atoms with Gasteiger partial charge in [-0.05, 0) is 73.0 Å². The number of amides is 2. The summed E-state index contributed by atoms with van der Waals surface area (Å²) in [6, 6.07) is 21.4. The van der Waals surface area contributed by atoms with Crippen molar-refractivity contribution in [1.82, 2.24) is 0 Å². The fraction of sp³-hybridized carbons (Fsp3) is 0.115. The van der Waals surface area contributed by atoms with E-state index < -0.39 is 5.91 Å². The number of benzene rings is 3. The van der Waals surface area contributed by atoms with Crippen molar-refractivity contribution in [3.8, 4) is 11.8 Å². The van der Waals surface area contributed by atoms with Gasteiger partial charge < -0.3 is 15.4 Å². The van der Waals surface area contributed by atoms with Gasteiger partial charge in [0.15, 0.2) is 6.61 Å². The lowest BCUT2D eigenvalue weighted by Gasteiger charge is -2.10. The molecule has 0 aromatic heterocycles. The first-order valence-electron chi connectivity index (χ1n) is 10.1.